The molecule has 1 aliphatic heterocycles. The van der Waals surface area contributed by atoms with Crippen molar-refractivity contribution in [2.24, 2.45) is 4.99 Å². The van der Waals surface area contributed by atoms with Crippen LogP contribution in [-0.2, 0) is 19.4 Å². The summed E-state index contributed by atoms with van der Waals surface area (Å²) in [6, 6.07) is 6.70. The first-order valence-electron chi connectivity index (χ1n) is 10.7. The van der Waals surface area contributed by atoms with Gasteiger partial charge in [0.1, 0.15) is 11.6 Å². The van der Waals surface area contributed by atoms with E-state index in [9.17, 15) is 0 Å². The number of guanidine groups is 1. The fourth-order valence-corrected chi connectivity index (χ4v) is 4.16. The third kappa shape index (κ3) is 4.13. The Morgan fingerprint density at radius 1 is 1.31 bits per heavy atom. The van der Waals surface area contributed by atoms with Crippen LogP contribution < -0.4 is 10.6 Å². The van der Waals surface area contributed by atoms with Crippen molar-refractivity contribution < 1.29 is 0 Å². The molecule has 0 bridgehead atoms. The van der Waals surface area contributed by atoms with E-state index in [0.29, 0.717) is 0 Å². The molecule has 1 aromatic carbocycles. The number of aromatic nitrogens is 4. The summed E-state index contributed by atoms with van der Waals surface area (Å²) >= 11 is 0. The number of fused-ring (bicyclic) bond motifs is 2. The lowest BCUT2D eigenvalue weighted by Crippen LogP contribution is -2.41. The van der Waals surface area contributed by atoms with E-state index in [-0.39, 0.29) is 6.04 Å². The Labute approximate surface area is 172 Å². The van der Waals surface area contributed by atoms with E-state index in [1.165, 1.54) is 22.0 Å². The molecule has 29 heavy (non-hydrogen) atoms. The van der Waals surface area contributed by atoms with Crippen LogP contribution in [0.1, 0.15) is 55.5 Å². The minimum Gasteiger partial charge on any atom is -0.361 e. The van der Waals surface area contributed by atoms with Gasteiger partial charge in [0.05, 0.1) is 6.04 Å². The van der Waals surface area contributed by atoms with E-state index < -0.39 is 0 Å². The minimum atomic E-state index is 0.156. The van der Waals surface area contributed by atoms with Crippen molar-refractivity contribution in [2.45, 2.75) is 59.0 Å². The monoisotopic (exact) mass is 393 g/mol. The highest BCUT2D eigenvalue weighted by atomic mass is 15.4. The van der Waals surface area contributed by atoms with Crippen LogP contribution >= 0.6 is 0 Å². The van der Waals surface area contributed by atoms with E-state index in [0.717, 1.165) is 62.9 Å². The molecule has 1 atom stereocenters. The third-order valence-corrected chi connectivity index (χ3v) is 5.56. The zero-order valence-electron chi connectivity index (χ0n) is 17.6. The van der Waals surface area contributed by atoms with Gasteiger partial charge in [-0.15, -0.1) is 0 Å². The van der Waals surface area contributed by atoms with Crippen LogP contribution in [0.25, 0.3) is 10.9 Å². The highest BCUT2D eigenvalue weighted by Crippen LogP contribution is 2.24. The third-order valence-electron chi connectivity index (χ3n) is 5.56. The smallest absolute Gasteiger partial charge is 0.191 e. The van der Waals surface area contributed by atoms with Crippen molar-refractivity contribution >= 4 is 16.9 Å². The van der Waals surface area contributed by atoms with Gasteiger partial charge in [-0.1, -0.05) is 25.1 Å². The van der Waals surface area contributed by atoms with Gasteiger partial charge >= 0.3 is 0 Å². The van der Waals surface area contributed by atoms with E-state index >= 15 is 0 Å². The molecule has 0 aliphatic carbocycles. The van der Waals surface area contributed by atoms with E-state index in [1.807, 2.05) is 11.6 Å². The number of nitrogens with one attached hydrogen (secondary N) is 3. The Balaban J connectivity index is 1.46. The summed E-state index contributed by atoms with van der Waals surface area (Å²) in [7, 11) is 0. The van der Waals surface area contributed by atoms with Crippen LogP contribution in [0.5, 0.6) is 0 Å². The average Bonchev–Trinajstić information content (AvgIpc) is 3.31. The quantitative estimate of drug-likeness (QED) is 0.443. The van der Waals surface area contributed by atoms with Crippen molar-refractivity contribution in [1.29, 1.82) is 0 Å². The van der Waals surface area contributed by atoms with Gasteiger partial charge in [0.15, 0.2) is 5.96 Å². The number of aromatic amines is 1. The summed E-state index contributed by atoms with van der Waals surface area (Å²) in [4.78, 5) is 12.9. The lowest BCUT2D eigenvalue weighted by atomic mass is 10.1. The maximum absolute atomic E-state index is 4.83. The normalized spacial score (nSPS) is 16.8. The molecular weight excluding hydrogens is 362 g/mol. The Kier molecular flexibility index (Phi) is 5.83. The lowest BCUT2D eigenvalue weighted by molar-refractivity contribution is 0.397. The van der Waals surface area contributed by atoms with Gasteiger partial charge in [-0.25, -0.2) is 9.67 Å². The summed E-state index contributed by atoms with van der Waals surface area (Å²) in [5, 5.41) is 12.8. The fourth-order valence-electron chi connectivity index (χ4n) is 4.16. The maximum Gasteiger partial charge on any atom is 0.191 e. The van der Waals surface area contributed by atoms with Crippen LogP contribution in [0.15, 0.2) is 29.4 Å². The molecule has 3 aromatic rings. The first kappa shape index (κ1) is 19.5. The van der Waals surface area contributed by atoms with Crippen molar-refractivity contribution in [3.63, 3.8) is 0 Å². The predicted molar refractivity (Wildman–Crippen MR) is 117 cm³/mol. The van der Waals surface area contributed by atoms with Gasteiger partial charge in [0.2, 0.25) is 0 Å². The zero-order chi connectivity index (χ0) is 20.2. The summed E-state index contributed by atoms with van der Waals surface area (Å²) in [6.07, 6.45) is 6.22. The standard InChI is InChI=1S/C22H31N7/c1-4-16-8-6-9-18-17(14-25-20(16)18)11-12-24-22(23-5-2)27-19-10-7-13-29-21(19)26-15(3)28-29/h6,8-9,14,19,25H,4-5,7,10-13H2,1-3H3,(H2,23,24,27). The molecule has 4 rings (SSSR count). The molecule has 7 nitrogen and oxygen atoms in total. The first-order valence-corrected chi connectivity index (χ1v) is 10.7. The summed E-state index contributed by atoms with van der Waals surface area (Å²) in [5.74, 6) is 2.70. The van der Waals surface area contributed by atoms with Crippen molar-refractivity contribution in [3.05, 3.63) is 47.2 Å². The molecule has 3 N–H and O–H groups in total. The summed E-state index contributed by atoms with van der Waals surface area (Å²) in [5.41, 5.74) is 3.95. The number of H-pyrrole nitrogens is 1. The number of hydrogen-bond donors (Lipinski definition) is 3. The van der Waals surface area contributed by atoms with E-state index in [4.69, 9.17) is 4.99 Å². The number of benzene rings is 1. The van der Waals surface area contributed by atoms with E-state index in [2.05, 4.69) is 63.9 Å². The minimum absolute atomic E-state index is 0.156. The molecule has 1 unspecified atom stereocenters. The van der Waals surface area contributed by atoms with Gasteiger partial charge in [-0.3, -0.25) is 4.99 Å². The van der Waals surface area contributed by atoms with Crippen LogP contribution in [0, 0.1) is 6.92 Å². The molecule has 0 fully saturated rings. The number of rotatable bonds is 6. The Morgan fingerprint density at radius 2 is 2.21 bits per heavy atom. The molecule has 0 amide bonds. The Hall–Kier alpha value is -2.83. The molecule has 0 spiro atoms. The van der Waals surface area contributed by atoms with Crippen LogP contribution in [0.3, 0.4) is 0 Å². The Bertz CT molecular complexity index is 998. The van der Waals surface area contributed by atoms with Crippen LogP contribution in [-0.4, -0.2) is 38.8 Å². The topological polar surface area (TPSA) is 82.9 Å². The highest BCUT2D eigenvalue weighted by Gasteiger charge is 2.24. The maximum atomic E-state index is 4.83. The second-order valence-electron chi connectivity index (χ2n) is 7.60. The van der Waals surface area contributed by atoms with Gasteiger partial charge in [-0.2, -0.15) is 5.10 Å². The number of aryl methyl sites for hydroxylation is 3. The molecular formula is C22H31N7. The molecule has 7 heteroatoms. The van der Waals surface area contributed by atoms with Crippen molar-refractivity contribution in [2.75, 3.05) is 13.1 Å². The molecule has 0 saturated heterocycles. The van der Waals surface area contributed by atoms with E-state index in [1.54, 1.807) is 0 Å². The highest BCUT2D eigenvalue weighted by molar-refractivity contribution is 5.86. The number of para-hydroxylation sites is 1. The molecule has 154 valence electrons. The largest absolute Gasteiger partial charge is 0.361 e. The second kappa shape index (κ2) is 8.68. The van der Waals surface area contributed by atoms with Crippen LogP contribution in [0.2, 0.25) is 0 Å². The van der Waals surface area contributed by atoms with Gasteiger partial charge < -0.3 is 15.6 Å². The predicted octanol–water partition coefficient (Wildman–Crippen LogP) is 3.26. The number of nitrogens with zero attached hydrogens (tertiary/aromatic N) is 4. The molecule has 1 aliphatic rings. The second-order valence-corrected chi connectivity index (χ2v) is 7.60. The molecule has 0 saturated carbocycles. The van der Waals surface area contributed by atoms with Crippen molar-refractivity contribution in [3.8, 4) is 0 Å². The number of hydrogen-bond acceptors (Lipinski definition) is 3. The summed E-state index contributed by atoms with van der Waals surface area (Å²) < 4.78 is 2.03. The van der Waals surface area contributed by atoms with Crippen LogP contribution in [0.4, 0.5) is 0 Å². The van der Waals surface area contributed by atoms with Gasteiger partial charge in [-0.05, 0) is 50.7 Å². The Morgan fingerprint density at radius 3 is 3.03 bits per heavy atom. The molecule has 2 aromatic heterocycles. The first-order chi connectivity index (χ1) is 14.2. The molecule has 0 radical (unpaired) electrons. The fraction of sp³-hybridized carbons (Fsp3) is 0.500. The summed E-state index contributed by atoms with van der Waals surface area (Å²) in [6.45, 7) is 8.75. The lowest BCUT2D eigenvalue weighted by Gasteiger charge is -2.25. The van der Waals surface area contributed by atoms with Gasteiger partial charge in [0, 0.05) is 36.7 Å². The van der Waals surface area contributed by atoms with Gasteiger partial charge in [0.25, 0.3) is 0 Å². The SMILES string of the molecule is CCNC(=NCCc1c[nH]c2c(CC)cccc12)NC1CCCn2nc(C)nc21. The zero-order valence-corrected chi connectivity index (χ0v) is 17.6. The number of aliphatic imine (C=N–C) groups is 1. The molecule has 3 heterocycles. The van der Waals surface area contributed by atoms with Crippen molar-refractivity contribution in [1.82, 2.24) is 30.4 Å². The average molecular weight is 394 g/mol.